The van der Waals surface area contributed by atoms with Crippen molar-refractivity contribution in [2.45, 2.75) is 46.1 Å². The molecule has 0 fully saturated rings. The Labute approximate surface area is 115 Å². The number of rotatable bonds is 7. The number of nitrogens with one attached hydrogen (secondary N) is 1. The Morgan fingerprint density at radius 2 is 2.11 bits per heavy atom. The van der Waals surface area contributed by atoms with Gasteiger partial charge < -0.3 is 15.8 Å². The number of ether oxygens (including phenoxy) is 1. The fraction of sp³-hybridized carbons (Fsp3) is 0.533. The molecule has 0 aromatic heterocycles. The third kappa shape index (κ3) is 4.47. The molecule has 4 nitrogen and oxygen atoms in total. The fourth-order valence-electron chi connectivity index (χ4n) is 1.97. The van der Waals surface area contributed by atoms with Crippen LogP contribution in [0.5, 0.6) is 5.75 Å². The van der Waals surface area contributed by atoms with Crippen LogP contribution in [0.3, 0.4) is 0 Å². The Morgan fingerprint density at radius 3 is 2.63 bits per heavy atom. The monoisotopic (exact) mass is 264 g/mol. The van der Waals surface area contributed by atoms with Crippen LogP contribution in [0.2, 0.25) is 0 Å². The van der Waals surface area contributed by atoms with Crippen LogP contribution in [-0.2, 0) is 0 Å². The second-order valence-corrected chi connectivity index (χ2v) is 4.55. The van der Waals surface area contributed by atoms with Crippen molar-refractivity contribution in [3.05, 3.63) is 23.8 Å². The van der Waals surface area contributed by atoms with Gasteiger partial charge in [0.15, 0.2) is 0 Å². The van der Waals surface area contributed by atoms with Gasteiger partial charge in [0.1, 0.15) is 5.75 Å². The highest BCUT2D eigenvalue weighted by Crippen LogP contribution is 2.22. The second kappa shape index (κ2) is 7.67. The summed E-state index contributed by atoms with van der Waals surface area (Å²) in [6.45, 7) is 6.65. The van der Waals surface area contributed by atoms with Gasteiger partial charge in [0.05, 0.1) is 12.3 Å². The van der Waals surface area contributed by atoms with Crippen LogP contribution >= 0.6 is 0 Å². The number of anilines is 1. The number of nitrogens with two attached hydrogens (primary N) is 1. The zero-order valence-corrected chi connectivity index (χ0v) is 12.0. The van der Waals surface area contributed by atoms with Crippen molar-refractivity contribution in [3.63, 3.8) is 0 Å². The van der Waals surface area contributed by atoms with Crippen molar-refractivity contribution in [1.82, 2.24) is 5.32 Å². The lowest BCUT2D eigenvalue weighted by Crippen LogP contribution is -2.34. The topological polar surface area (TPSA) is 64.3 Å². The lowest BCUT2D eigenvalue weighted by atomic mass is 10.1. The largest absolute Gasteiger partial charge is 0.492 e. The summed E-state index contributed by atoms with van der Waals surface area (Å²) < 4.78 is 5.36. The number of amides is 1. The molecule has 1 amide bonds. The van der Waals surface area contributed by atoms with E-state index in [2.05, 4.69) is 19.2 Å². The van der Waals surface area contributed by atoms with Crippen molar-refractivity contribution in [2.75, 3.05) is 12.3 Å². The molecule has 0 aliphatic heterocycles. The van der Waals surface area contributed by atoms with Crippen molar-refractivity contribution in [2.24, 2.45) is 0 Å². The van der Waals surface area contributed by atoms with Crippen LogP contribution in [0, 0.1) is 0 Å². The lowest BCUT2D eigenvalue weighted by Gasteiger charge is -2.16. The minimum Gasteiger partial charge on any atom is -0.492 e. The third-order valence-corrected chi connectivity index (χ3v) is 3.04. The van der Waals surface area contributed by atoms with Gasteiger partial charge in [0, 0.05) is 11.6 Å². The Bertz CT molecular complexity index is 419. The molecule has 0 heterocycles. The molecule has 4 heteroatoms. The van der Waals surface area contributed by atoms with Gasteiger partial charge in [0.25, 0.3) is 5.91 Å². The third-order valence-electron chi connectivity index (χ3n) is 3.04. The van der Waals surface area contributed by atoms with Crippen LogP contribution in [-0.4, -0.2) is 18.6 Å². The summed E-state index contributed by atoms with van der Waals surface area (Å²) in [5.41, 5.74) is 6.94. The maximum Gasteiger partial charge on any atom is 0.251 e. The van der Waals surface area contributed by atoms with Gasteiger partial charge in [-0.15, -0.1) is 0 Å². The number of carbonyl (C=O) groups is 1. The predicted octanol–water partition coefficient (Wildman–Crippen LogP) is 2.98. The number of nitrogen functional groups attached to an aromatic ring is 1. The minimum atomic E-state index is -0.0740. The average molecular weight is 264 g/mol. The van der Waals surface area contributed by atoms with Crippen LogP contribution in [0.15, 0.2) is 18.2 Å². The molecule has 1 rings (SSSR count). The van der Waals surface area contributed by atoms with Gasteiger partial charge in [-0.25, -0.2) is 0 Å². The summed E-state index contributed by atoms with van der Waals surface area (Å²) in [6, 6.07) is 5.38. The minimum absolute atomic E-state index is 0.0740. The fourth-order valence-corrected chi connectivity index (χ4v) is 1.97. The standard InChI is InChI=1S/C15H24N2O2/c1-4-7-12(5-2)17-15(18)11-8-9-14(19-6-3)13(16)10-11/h8-10,12H,4-7,16H2,1-3H3,(H,17,18). The van der Waals surface area contributed by atoms with Crippen LogP contribution in [0.4, 0.5) is 5.69 Å². The molecular formula is C15H24N2O2. The Balaban J connectivity index is 2.74. The average Bonchev–Trinajstić information content (AvgIpc) is 2.40. The van der Waals surface area contributed by atoms with Gasteiger partial charge in [-0.1, -0.05) is 20.3 Å². The summed E-state index contributed by atoms with van der Waals surface area (Å²) in [5.74, 6) is 0.551. The van der Waals surface area contributed by atoms with E-state index in [4.69, 9.17) is 10.5 Å². The molecule has 3 N–H and O–H groups in total. The lowest BCUT2D eigenvalue weighted by molar-refractivity contribution is 0.0933. The molecule has 0 saturated heterocycles. The molecule has 0 aliphatic carbocycles. The molecule has 0 bridgehead atoms. The first kappa shape index (κ1) is 15.3. The van der Waals surface area contributed by atoms with E-state index in [0.717, 1.165) is 19.3 Å². The van der Waals surface area contributed by atoms with Gasteiger partial charge in [-0.3, -0.25) is 4.79 Å². The number of hydrogen-bond donors (Lipinski definition) is 2. The van der Waals surface area contributed by atoms with E-state index < -0.39 is 0 Å². The van der Waals surface area contributed by atoms with E-state index in [1.165, 1.54) is 0 Å². The number of carbonyl (C=O) groups excluding carboxylic acids is 1. The smallest absolute Gasteiger partial charge is 0.251 e. The first-order valence-electron chi connectivity index (χ1n) is 6.95. The number of hydrogen-bond acceptors (Lipinski definition) is 3. The highest BCUT2D eigenvalue weighted by atomic mass is 16.5. The molecular weight excluding hydrogens is 240 g/mol. The van der Waals surface area contributed by atoms with Crippen molar-refractivity contribution in [3.8, 4) is 5.75 Å². The molecule has 0 saturated carbocycles. The maximum absolute atomic E-state index is 12.1. The van der Waals surface area contributed by atoms with Crippen LogP contribution in [0.1, 0.15) is 50.4 Å². The summed E-state index contributed by atoms with van der Waals surface area (Å²) >= 11 is 0. The molecule has 1 aromatic rings. The molecule has 1 aromatic carbocycles. The molecule has 0 radical (unpaired) electrons. The first-order valence-corrected chi connectivity index (χ1v) is 6.95. The van der Waals surface area contributed by atoms with Gasteiger partial charge in [-0.2, -0.15) is 0 Å². The quantitative estimate of drug-likeness (QED) is 0.744. The highest BCUT2D eigenvalue weighted by molar-refractivity contribution is 5.95. The Kier molecular flexibility index (Phi) is 6.19. The van der Waals surface area contributed by atoms with Crippen molar-refractivity contribution in [1.29, 1.82) is 0 Å². The second-order valence-electron chi connectivity index (χ2n) is 4.55. The van der Waals surface area contributed by atoms with Gasteiger partial charge in [0.2, 0.25) is 0 Å². The zero-order valence-electron chi connectivity index (χ0n) is 12.0. The van der Waals surface area contributed by atoms with E-state index in [9.17, 15) is 4.79 Å². The molecule has 0 aliphatic rings. The van der Waals surface area contributed by atoms with E-state index >= 15 is 0 Å². The zero-order chi connectivity index (χ0) is 14.3. The summed E-state index contributed by atoms with van der Waals surface area (Å²) in [6.07, 6.45) is 2.99. The van der Waals surface area contributed by atoms with Gasteiger partial charge in [-0.05, 0) is 38.0 Å². The summed E-state index contributed by atoms with van der Waals surface area (Å²) in [5, 5.41) is 3.03. The van der Waals surface area contributed by atoms with Crippen molar-refractivity contribution < 1.29 is 9.53 Å². The van der Waals surface area contributed by atoms with Gasteiger partial charge >= 0.3 is 0 Å². The van der Waals surface area contributed by atoms with E-state index in [1.54, 1.807) is 18.2 Å². The molecule has 1 atom stereocenters. The molecule has 0 spiro atoms. The number of benzene rings is 1. The maximum atomic E-state index is 12.1. The van der Waals surface area contributed by atoms with E-state index in [1.807, 2.05) is 6.92 Å². The summed E-state index contributed by atoms with van der Waals surface area (Å²) in [4.78, 5) is 12.1. The van der Waals surface area contributed by atoms with E-state index in [-0.39, 0.29) is 11.9 Å². The normalized spacial score (nSPS) is 11.9. The first-order chi connectivity index (χ1) is 9.12. The molecule has 106 valence electrons. The summed E-state index contributed by atoms with van der Waals surface area (Å²) in [7, 11) is 0. The van der Waals surface area contributed by atoms with Crippen molar-refractivity contribution >= 4 is 11.6 Å². The SMILES string of the molecule is CCCC(CC)NC(=O)c1ccc(OCC)c(N)c1. The molecule has 19 heavy (non-hydrogen) atoms. The Morgan fingerprint density at radius 1 is 1.37 bits per heavy atom. The van der Waals surface area contributed by atoms with E-state index in [0.29, 0.717) is 23.6 Å². The predicted molar refractivity (Wildman–Crippen MR) is 78.5 cm³/mol. The Hall–Kier alpha value is -1.71. The molecule has 1 unspecified atom stereocenters. The highest BCUT2D eigenvalue weighted by Gasteiger charge is 2.12. The van der Waals surface area contributed by atoms with Crippen LogP contribution < -0.4 is 15.8 Å². The van der Waals surface area contributed by atoms with Crippen LogP contribution in [0.25, 0.3) is 0 Å².